The Hall–Kier alpha value is 1.11. The number of carbonyl (C=O) groups excluding carboxylic acids is 1. The van der Waals surface area contributed by atoms with Gasteiger partial charge in [0, 0.05) is 11.9 Å². The first-order chi connectivity index (χ1) is 4.79. The van der Waals surface area contributed by atoms with Crippen molar-refractivity contribution < 1.29 is 61.3 Å². The monoisotopic (exact) mass is 178 g/mol. The number of carboxylic acid groups (broad SMARTS) is 1. The van der Waals surface area contributed by atoms with Crippen molar-refractivity contribution in [3.63, 3.8) is 0 Å². The van der Waals surface area contributed by atoms with Crippen molar-refractivity contribution in [3.8, 4) is 0 Å². The van der Waals surface area contributed by atoms with E-state index in [0.29, 0.717) is 5.92 Å². The van der Waals surface area contributed by atoms with Gasteiger partial charge in [0.25, 0.3) is 0 Å². The van der Waals surface area contributed by atoms with Crippen LogP contribution in [0.5, 0.6) is 0 Å². The molecule has 0 N–H and O–H groups in total. The molecule has 0 radical (unpaired) electrons. The van der Waals surface area contributed by atoms with E-state index >= 15 is 0 Å². The number of fused-ring (bicyclic) bond motifs is 1. The molecule has 0 bridgehead atoms. The molecule has 2 rings (SSSR count). The van der Waals surface area contributed by atoms with E-state index in [0.717, 1.165) is 25.2 Å². The first-order valence-corrected chi connectivity index (χ1v) is 4.00. The number of rotatable bonds is 1. The van der Waals surface area contributed by atoms with E-state index in [1.807, 2.05) is 0 Å². The van der Waals surface area contributed by atoms with Crippen LogP contribution in [-0.4, -0.2) is 5.97 Å². The maximum Gasteiger partial charge on any atom is 1.00 e. The zero-order chi connectivity index (χ0) is 7.14. The molecule has 11 heavy (non-hydrogen) atoms. The summed E-state index contributed by atoms with van der Waals surface area (Å²) in [6.07, 6.45) is 4.39. The molecule has 2 aliphatic carbocycles. The Morgan fingerprint density at radius 2 is 1.82 bits per heavy atom. The van der Waals surface area contributed by atoms with Gasteiger partial charge in [-0.2, -0.15) is 0 Å². The molecule has 56 valence electrons. The molecule has 0 amide bonds. The third kappa shape index (κ3) is 1.73. The van der Waals surface area contributed by atoms with E-state index in [9.17, 15) is 9.90 Å². The van der Waals surface area contributed by atoms with Gasteiger partial charge in [0.2, 0.25) is 0 Å². The van der Waals surface area contributed by atoms with Crippen LogP contribution in [0.2, 0.25) is 0 Å². The summed E-state index contributed by atoms with van der Waals surface area (Å²) in [5.41, 5.74) is 0. The van der Waals surface area contributed by atoms with E-state index in [2.05, 4.69) is 0 Å². The maximum atomic E-state index is 10.5. The third-order valence-corrected chi connectivity index (χ3v) is 3.14. The molecule has 2 aliphatic rings. The largest absolute Gasteiger partial charge is 1.00 e. The van der Waals surface area contributed by atoms with Crippen molar-refractivity contribution >= 4 is 5.97 Å². The zero-order valence-electron chi connectivity index (χ0n) is 6.88. The fourth-order valence-electron chi connectivity index (χ4n) is 2.38. The van der Waals surface area contributed by atoms with Crippen LogP contribution in [0.25, 0.3) is 0 Å². The van der Waals surface area contributed by atoms with Gasteiger partial charge in [-0.15, -0.1) is 0 Å². The van der Waals surface area contributed by atoms with Gasteiger partial charge in [-0.25, -0.2) is 0 Å². The van der Waals surface area contributed by atoms with Gasteiger partial charge < -0.3 is 9.90 Å². The average molecular weight is 178 g/mol. The molecule has 3 atom stereocenters. The van der Waals surface area contributed by atoms with E-state index < -0.39 is 5.97 Å². The summed E-state index contributed by atoms with van der Waals surface area (Å²) in [7, 11) is 0. The molecular formula is C8H11KO2. The quantitative estimate of drug-likeness (QED) is 0.406. The zero-order valence-corrected chi connectivity index (χ0v) is 10.0. The van der Waals surface area contributed by atoms with Crippen LogP contribution in [0.3, 0.4) is 0 Å². The van der Waals surface area contributed by atoms with Crippen LogP contribution < -0.4 is 56.5 Å². The fourth-order valence-corrected chi connectivity index (χ4v) is 2.38. The van der Waals surface area contributed by atoms with Crippen LogP contribution in [-0.2, 0) is 4.79 Å². The first-order valence-electron chi connectivity index (χ1n) is 4.00. The molecule has 0 aromatic heterocycles. The Bertz CT molecular complexity index is 169. The molecule has 3 heteroatoms. The van der Waals surface area contributed by atoms with Gasteiger partial charge in [-0.05, 0) is 37.5 Å². The molecule has 0 saturated heterocycles. The van der Waals surface area contributed by atoms with Crippen LogP contribution in [0.4, 0.5) is 0 Å². The number of hydrogen-bond donors (Lipinski definition) is 0. The Kier molecular flexibility index (Phi) is 3.59. The van der Waals surface area contributed by atoms with Gasteiger partial charge in [-0.1, -0.05) is 0 Å². The van der Waals surface area contributed by atoms with Gasteiger partial charge in [0.05, 0.1) is 0 Å². The SMILES string of the molecule is O=C([O-])C1CCC2CCC21.[K+]. The van der Waals surface area contributed by atoms with Crippen LogP contribution in [0.1, 0.15) is 25.7 Å². The maximum absolute atomic E-state index is 10.5. The van der Waals surface area contributed by atoms with E-state index in [1.165, 1.54) is 6.42 Å². The molecule has 0 spiro atoms. The Labute approximate surface area is 109 Å². The van der Waals surface area contributed by atoms with E-state index in [1.54, 1.807) is 0 Å². The van der Waals surface area contributed by atoms with E-state index in [-0.39, 0.29) is 57.3 Å². The molecule has 3 unspecified atom stereocenters. The molecular weight excluding hydrogens is 167 g/mol. The number of hydrogen-bond acceptors (Lipinski definition) is 2. The summed E-state index contributed by atoms with van der Waals surface area (Å²) in [6, 6.07) is 0. The standard InChI is InChI=1S/C8H12O2.K/c9-8(10)7-4-2-5-1-3-6(5)7;/h5-7H,1-4H2,(H,9,10);/q;+1/p-1. The second-order valence-corrected chi connectivity index (χ2v) is 3.50. The average Bonchev–Trinajstić information content (AvgIpc) is 2.07. The van der Waals surface area contributed by atoms with Crippen LogP contribution >= 0.6 is 0 Å². The first kappa shape index (κ1) is 10.2. The minimum absolute atomic E-state index is 0. The molecule has 2 saturated carbocycles. The molecule has 0 heterocycles. The fraction of sp³-hybridized carbons (Fsp3) is 0.875. The number of aliphatic carboxylic acids is 1. The number of carbonyl (C=O) groups is 1. The van der Waals surface area contributed by atoms with E-state index in [4.69, 9.17) is 0 Å². The summed E-state index contributed by atoms with van der Waals surface area (Å²) in [6.45, 7) is 0. The molecule has 2 fully saturated rings. The molecule has 2 nitrogen and oxygen atoms in total. The number of carboxylic acids is 1. The summed E-state index contributed by atoms with van der Waals surface area (Å²) in [5.74, 6) is 0.318. The Balaban J connectivity index is 0.000000605. The predicted molar refractivity (Wildman–Crippen MR) is 33.9 cm³/mol. The van der Waals surface area contributed by atoms with Gasteiger partial charge >= 0.3 is 51.4 Å². The third-order valence-electron chi connectivity index (χ3n) is 3.14. The van der Waals surface area contributed by atoms with Crippen LogP contribution in [0, 0.1) is 17.8 Å². The minimum atomic E-state index is -0.813. The van der Waals surface area contributed by atoms with Crippen molar-refractivity contribution in [3.05, 3.63) is 0 Å². The second kappa shape index (κ2) is 3.88. The van der Waals surface area contributed by atoms with Gasteiger partial charge in [0.1, 0.15) is 0 Å². The smallest absolute Gasteiger partial charge is 0.550 e. The van der Waals surface area contributed by atoms with Crippen molar-refractivity contribution in [1.82, 2.24) is 0 Å². The topological polar surface area (TPSA) is 40.1 Å². The normalized spacial score (nSPS) is 40.2. The molecule has 0 aromatic rings. The van der Waals surface area contributed by atoms with Crippen molar-refractivity contribution in [1.29, 1.82) is 0 Å². The molecule has 0 aliphatic heterocycles. The summed E-state index contributed by atoms with van der Waals surface area (Å²) >= 11 is 0. The summed E-state index contributed by atoms with van der Waals surface area (Å²) in [5, 5.41) is 10.5. The van der Waals surface area contributed by atoms with Gasteiger partial charge in [-0.3, -0.25) is 0 Å². The van der Waals surface area contributed by atoms with Crippen molar-refractivity contribution in [2.45, 2.75) is 25.7 Å². The van der Waals surface area contributed by atoms with Crippen LogP contribution in [0.15, 0.2) is 0 Å². The molecule has 0 aromatic carbocycles. The minimum Gasteiger partial charge on any atom is -0.550 e. The Morgan fingerprint density at radius 3 is 2.09 bits per heavy atom. The summed E-state index contributed by atoms with van der Waals surface area (Å²) in [4.78, 5) is 10.5. The van der Waals surface area contributed by atoms with Crippen molar-refractivity contribution in [2.24, 2.45) is 17.8 Å². The predicted octanol–water partition coefficient (Wildman–Crippen LogP) is -2.82. The van der Waals surface area contributed by atoms with Gasteiger partial charge in [0.15, 0.2) is 0 Å². The second-order valence-electron chi connectivity index (χ2n) is 3.50. The van der Waals surface area contributed by atoms with Crippen molar-refractivity contribution in [2.75, 3.05) is 0 Å². The summed E-state index contributed by atoms with van der Waals surface area (Å²) < 4.78 is 0. The Morgan fingerprint density at radius 1 is 1.18 bits per heavy atom.